The smallest absolute Gasteiger partial charge is 0.161 e. The molecule has 0 N–H and O–H groups in total. The van der Waals surface area contributed by atoms with Crippen LogP contribution in [0.25, 0.3) is 87.5 Å². The molecule has 3 nitrogen and oxygen atoms in total. The van der Waals surface area contributed by atoms with Gasteiger partial charge >= 0.3 is 0 Å². The van der Waals surface area contributed by atoms with Crippen molar-refractivity contribution >= 4 is 31.6 Å². The van der Waals surface area contributed by atoms with Crippen molar-refractivity contribution in [2.24, 2.45) is 0 Å². The van der Waals surface area contributed by atoms with E-state index in [0.29, 0.717) is 0 Å². The number of para-hydroxylation sites is 2. The first-order valence-corrected chi connectivity index (χ1v) is 23.5. The largest absolute Gasteiger partial charge is 0.457 e. The Balaban J connectivity index is 0.943. The fourth-order valence-electron chi connectivity index (χ4n) is 11.7. The number of ether oxygens (including phenoxy) is 1. The molecule has 0 saturated heterocycles. The standard InChI is InChI=1S/C62H40N2OS/c1-61(2)51-36-39(57-59-58(47-22-9-15-30-55(47)66-59)64-60(63-57)46-21-7-6-19-40(46)37-17-4-3-5-18-37)32-34-44(51)45-24-16-23-41(56(45)61)38-31-33-43-42-20-8-10-25-48(42)62(52(43)35-38)49-26-11-13-28-53(49)65-54-29-14-12-27-50(54)62/h3-36H,1-2H3. The Morgan fingerprint density at radius 3 is 1.77 bits per heavy atom. The van der Waals surface area contributed by atoms with Crippen LogP contribution in [0.4, 0.5) is 0 Å². The molecule has 310 valence electrons. The highest BCUT2D eigenvalue weighted by Gasteiger charge is 2.51. The molecule has 0 saturated carbocycles. The maximum atomic E-state index is 6.66. The van der Waals surface area contributed by atoms with Gasteiger partial charge in [-0.1, -0.05) is 190 Å². The quantitative estimate of drug-likeness (QED) is 0.177. The monoisotopic (exact) mass is 860 g/mol. The van der Waals surface area contributed by atoms with E-state index in [0.717, 1.165) is 60.9 Å². The fourth-order valence-corrected chi connectivity index (χ4v) is 12.9. The van der Waals surface area contributed by atoms with Crippen molar-refractivity contribution in [3.63, 3.8) is 0 Å². The van der Waals surface area contributed by atoms with Gasteiger partial charge in [-0.2, -0.15) is 0 Å². The van der Waals surface area contributed by atoms with Crippen molar-refractivity contribution in [1.82, 2.24) is 9.97 Å². The summed E-state index contributed by atoms with van der Waals surface area (Å²) in [6.07, 6.45) is 0. The van der Waals surface area contributed by atoms with Crippen LogP contribution in [0.2, 0.25) is 0 Å². The lowest BCUT2D eigenvalue weighted by molar-refractivity contribution is 0.436. The van der Waals surface area contributed by atoms with E-state index >= 15 is 0 Å². The molecule has 2 aromatic heterocycles. The van der Waals surface area contributed by atoms with Gasteiger partial charge in [0.1, 0.15) is 11.5 Å². The van der Waals surface area contributed by atoms with Gasteiger partial charge in [0.15, 0.2) is 5.82 Å². The highest BCUT2D eigenvalue weighted by atomic mass is 32.1. The molecule has 0 fully saturated rings. The summed E-state index contributed by atoms with van der Waals surface area (Å²) in [5.74, 6) is 2.54. The molecule has 1 spiro atoms. The average Bonchev–Trinajstić information content (AvgIpc) is 3.97. The number of benzene rings is 9. The van der Waals surface area contributed by atoms with Crippen molar-refractivity contribution < 1.29 is 4.74 Å². The van der Waals surface area contributed by atoms with Crippen molar-refractivity contribution in [2.75, 3.05) is 0 Å². The minimum Gasteiger partial charge on any atom is -0.457 e. The highest BCUT2D eigenvalue weighted by molar-refractivity contribution is 7.26. The summed E-state index contributed by atoms with van der Waals surface area (Å²) < 4.78 is 8.98. The van der Waals surface area contributed by atoms with E-state index < -0.39 is 5.41 Å². The maximum Gasteiger partial charge on any atom is 0.161 e. The first-order valence-electron chi connectivity index (χ1n) is 22.7. The van der Waals surface area contributed by atoms with Crippen LogP contribution in [0, 0.1) is 0 Å². The third-order valence-electron chi connectivity index (χ3n) is 14.6. The van der Waals surface area contributed by atoms with Gasteiger partial charge in [0, 0.05) is 37.8 Å². The van der Waals surface area contributed by atoms with Gasteiger partial charge in [-0.25, -0.2) is 9.97 Å². The lowest BCUT2D eigenvalue weighted by Gasteiger charge is -2.39. The van der Waals surface area contributed by atoms with Crippen LogP contribution >= 0.6 is 11.3 Å². The molecule has 3 heterocycles. The van der Waals surface area contributed by atoms with Crippen LogP contribution in [-0.2, 0) is 10.8 Å². The van der Waals surface area contributed by atoms with Gasteiger partial charge in [-0.05, 0) is 97.1 Å². The zero-order valence-electron chi connectivity index (χ0n) is 36.3. The summed E-state index contributed by atoms with van der Waals surface area (Å²) in [7, 11) is 0. The zero-order valence-corrected chi connectivity index (χ0v) is 37.2. The van der Waals surface area contributed by atoms with Crippen molar-refractivity contribution in [2.45, 2.75) is 24.7 Å². The molecule has 1 aliphatic heterocycles. The number of rotatable bonds is 4. The van der Waals surface area contributed by atoms with Gasteiger partial charge in [-0.3, -0.25) is 0 Å². The normalized spacial score (nSPS) is 14.3. The molecule has 14 rings (SSSR count). The Labute approximate surface area is 387 Å². The van der Waals surface area contributed by atoms with Crippen molar-refractivity contribution in [1.29, 1.82) is 0 Å². The summed E-state index contributed by atoms with van der Waals surface area (Å²) in [5.41, 5.74) is 20.7. The summed E-state index contributed by atoms with van der Waals surface area (Å²) >= 11 is 1.78. The maximum absolute atomic E-state index is 6.66. The van der Waals surface area contributed by atoms with E-state index in [4.69, 9.17) is 14.7 Å². The highest BCUT2D eigenvalue weighted by Crippen LogP contribution is 2.63. The fraction of sp³-hybridized carbons (Fsp3) is 0.0645. The lowest BCUT2D eigenvalue weighted by Crippen LogP contribution is -2.32. The van der Waals surface area contributed by atoms with Crippen LogP contribution in [0.5, 0.6) is 11.5 Å². The first-order chi connectivity index (χ1) is 32.5. The molecule has 0 atom stereocenters. The third-order valence-corrected chi connectivity index (χ3v) is 15.7. The molecule has 0 unspecified atom stereocenters. The summed E-state index contributed by atoms with van der Waals surface area (Å²) in [6, 6.07) is 75.0. The number of hydrogen-bond acceptors (Lipinski definition) is 4. The zero-order chi connectivity index (χ0) is 43.7. The van der Waals surface area contributed by atoms with E-state index in [2.05, 4.69) is 220 Å². The van der Waals surface area contributed by atoms with Crippen LogP contribution < -0.4 is 4.74 Å². The molecule has 2 aliphatic carbocycles. The van der Waals surface area contributed by atoms with Gasteiger partial charge in [0.05, 0.1) is 21.3 Å². The minimum absolute atomic E-state index is 0.316. The van der Waals surface area contributed by atoms with Gasteiger partial charge in [0.2, 0.25) is 0 Å². The predicted octanol–water partition coefficient (Wildman–Crippen LogP) is 16.3. The molecular formula is C62H40N2OS. The number of nitrogens with zero attached hydrogens (tertiary/aromatic N) is 2. The summed E-state index contributed by atoms with van der Waals surface area (Å²) in [5, 5.41) is 1.16. The van der Waals surface area contributed by atoms with E-state index in [1.807, 2.05) is 0 Å². The van der Waals surface area contributed by atoms with E-state index in [9.17, 15) is 0 Å². The number of aromatic nitrogens is 2. The SMILES string of the molecule is CC1(C)c2cc(-c3nc(-c4ccccc4-c4ccccc4)nc4c3sc3ccccc34)ccc2-c2cccc(-c3ccc4c(c3)C3(c5ccccc5Oc5ccccc53)c3ccccc3-4)c21. The first kappa shape index (κ1) is 37.5. The minimum atomic E-state index is -0.533. The van der Waals surface area contributed by atoms with Crippen LogP contribution in [-0.4, -0.2) is 9.97 Å². The molecule has 4 heteroatoms. The molecule has 9 aromatic carbocycles. The molecule has 11 aromatic rings. The second-order valence-electron chi connectivity index (χ2n) is 18.3. The van der Waals surface area contributed by atoms with Gasteiger partial charge in [-0.15, -0.1) is 11.3 Å². The van der Waals surface area contributed by atoms with Crippen LogP contribution in [0.15, 0.2) is 206 Å². The Hall–Kier alpha value is -7.92. The van der Waals surface area contributed by atoms with E-state index in [-0.39, 0.29) is 5.41 Å². The Kier molecular flexibility index (Phi) is 7.83. The Bertz CT molecular complexity index is 3800. The van der Waals surface area contributed by atoms with E-state index in [1.54, 1.807) is 11.3 Å². The summed E-state index contributed by atoms with van der Waals surface area (Å²) in [6.45, 7) is 4.80. The number of fused-ring (bicyclic) bond motifs is 15. The van der Waals surface area contributed by atoms with Crippen LogP contribution in [0.1, 0.15) is 47.2 Å². The van der Waals surface area contributed by atoms with Crippen molar-refractivity contribution in [3.05, 3.63) is 240 Å². The Morgan fingerprint density at radius 1 is 0.409 bits per heavy atom. The molecule has 3 aliphatic rings. The third kappa shape index (κ3) is 5.08. The van der Waals surface area contributed by atoms with Gasteiger partial charge < -0.3 is 4.74 Å². The predicted molar refractivity (Wildman–Crippen MR) is 272 cm³/mol. The second-order valence-corrected chi connectivity index (χ2v) is 19.4. The number of thiophene rings is 1. The Morgan fingerprint density at radius 2 is 0.985 bits per heavy atom. The summed E-state index contributed by atoms with van der Waals surface area (Å²) in [4.78, 5) is 10.9. The van der Waals surface area contributed by atoms with E-state index in [1.165, 1.54) is 71.5 Å². The molecule has 0 amide bonds. The number of hydrogen-bond donors (Lipinski definition) is 0. The van der Waals surface area contributed by atoms with Gasteiger partial charge in [0.25, 0.3) is 0 Å². The topological polar surface area (TPSA) is 35.0 Å². The molecular weight excluding hydrogens is 821 g/mol. The average molecular weight is 861 g/mol. The lowest BCUT2D eigenvalue weighted by atomic mass is 9.66. The van der Waals surface area contributed by atoms with Crippen molar-refractivity contribution in [3.8, 4) is 78.7 Å². The molecule has 66 heavy (non-hydrogen) atoms. The molecule has 0 bridgehead atoms. The molecule has 0 radical (unpaired) electrons. The van der Waals surface area contributed by atoms with Crippen LogP contribution in [0.3, 0.4) is 0 Å². The second kappa shape index (κ2) is 13.8.